The molecule has 0 radical (unpaired) electrons. The summed E-state index contributed by atoms with van der Waals surface area (Å²) in [6, 6.07) is 15.7. The SMILES string of the molecule is COc1ccccc1N1CCN(C(C)c2nc3[nH]c(C)c(Cc4cccc(Cl)c4)c(=O)n3n2)CC1. The van der Waals surface area contributed by atoms with Gasteiger partial charge in [0, 0.05) is 48.9 Å². The number of aryl methyl sites for hydroxylation is 1. The molecule has 1 N–H and O–H groups in total. The maximum atomic E-state index is 13.3. The molecule has 1 aliphatic heterocycles. The van der Waals surface area contributed by atoms with Gasteiger partial charge in [0.1, 0.15) is 5.75 Å². The molecule has 1 saturated heterocycles. The smallest absolute Gasteiger partial charge is 0.279 e. The summed E-state index contributed by atoms with van der Waals surface area (Å²) in [6.45, 7) is 7.47. The second-order valence-electron chi connectivity index (χ2n) is 8.92. The molecule has 0 aliphatic carbocycles. The lowest BCUT2D eigenvalue weighted by molar-refractivity contribution is 0.191. The second-order valence-corrected chi connectivity index (χ2v) is 9.35. The Bertz CT molecular complexity index is 1410. The van der Waals surface area contributed by atoms with Gasteiger partial charge in [-0.15, -0.1) is 5.10 Å². The van der Waals surface area contributed by atoms with Crippen LogP contribution in [0, 0.1) is 6.92 Å². The number of nitrogens with one attached hydrogen (secondary N) is 1. The van der Waals surface area contributed by atoms with E-state index >= 15 is 0 Å². The van der Waals surface area contributed by atoms with E-state index in [4.69, 9.17) is 16.3 Å². The molecule has 1 fully saturated rings. The van der Waals surface area contributed by atoms with Crippen LogP contribution in [0.4, 0.5) is 5.69 Å². The first kappa shape index (κ1) is 23.4. The van der Waals surface area contributed by atoms with E-state index in [1.807, 2.05) is 49.4 Å². The molecule has 9 heteroatoms. The van der Waals surface area contributed by atoms with Crippen molar-refractivity contribution in [3.8, 4) is 5.75 Å². The number of anilines is 1. The van der Waals surface area contributed by atoms with Crippen molar-refractivity contribution in [1.29, 1.82) is 0 Å². The van der Waals surface area contributed by atoms with Gasteiger partial charge >= 0.3 is 0 Å². The maximum absolute atomic E-state index is 13.3. The highest BCUT2D eigenvalue weighted by Gasteiger charge is 2.26. The van der Waals surface area contributed by atoms with E-state index in [1.54, 1.807) is 7.11 Å². The zero-order valence-corrected chi connectivity index (χ0v) is 20.9. The molecule has 0 amide bonds. The molecule has 2 aromatic carbocycles. The van der Waals surface area contributed by atoms with E-state index in [1.165, 1.54) is 4.52 Å². The molecule has 5 rings (SSSR count). The van der Waals surface area contributed by atoms with E-state index in [2.05, 4.69) is 37.9 Å². The minimum absolute atomic E-state index is 0.0146. The van der Waals surface area contributed by atoms with Gasteiger partial charge in [0.2, 0.25) is 5.78 Å². The summed E-state index contributed by atoms with van der Waals surface area (Å²) in [7, 11) is 1.70. The van der Waals surface area contributed by atoms with Crippen LogP contribution in [0.25, 0.3) is 5.78 Å². The summed E-state index contributed by atoms with van der Waals surface area (Å²) in [4.78, 5) is 25.9. The van der Waals surface area contributed by atoms with Crippen molar-refractivity contribution in [2.24, 2.45) is 0 Å². The Morgan fingerprint density at radius 1 is 1.11 bits per heavy atom. The highest BCUT2D eigenvalue weighted by Crippen LogP contribution is 2.29. The molecule has 0 spiro atoms. The van der Waals surface area contributed by atoms with Crippen molar-refractivity contribution in [3.05, 3.63) is 86.6 Å². The fraction of sp³-hybridized carbons (Fsp3) is 0.346. The quantitative estimate of drug-likeness (QED) is 0.440. The zero-order valence-electron chi connectivity index (χ0n) is 20.2. The highest BCUT2D eigenvalue weighted by atomic mass is 35.5. The molecule has 3 heterocycles. The number of aromatic nitrogens is 4. The molecule has 8 nitrogen and oxygen atoms in total. The number of hydrogen-bond donors (Lipinski definition) is 1. The van der Waals surface area contributed by atoms with Crippen molar-refractivity contribution >= 4 is 23.1 Å². The van der Waals surface area contributed by atoms with Gasteiger partial charge in [-0.05, 0) is 43.7 Å². The average molecular weight is 493 g/mol. The highest BCUT2D eigenvalue weighted by molar-refractivity contribution is 6.30. The second kappa shape index (κ2) is 9.71. The van der Waals surface area contributed by atoms with Crippen LogP contribution in [0.1, 0.15) is 35.6 Å². The fourth-order valence-corrected chi connectivity index (χ4v) is 4.94. The van der Waals surface area contributed by atoms with Crippen LogP contribution in [0.5, 0.6) is 5.75 Å². The normalized spacial score (nSPS) is 15.5. The Balaban J connectivity index is 1.35. The molecule has 4 aromatic rings. The summed E-state index contributed by atoms with van der Waals surface area (Å²) in [5, 5.41) is 5.27. The summed E-state index contributed by atoms with van der Waals surface area (Å²) >= 11 is 6.13. The third-order valence-electron chi connectivity index (χ3n) is 6.76. The number of nitrogens with zero attached hydrogens (tertiary/aromatic N) is 5. The van der Waals surface area contributed by atoms with Gasteiger partial charge in [0.05, 0.1) is 18.8 Å². The first-order valence-electron chi connectivity index (χ1n) is 11.8. The first-order valence-corrected chi connectivity index (χ1v) is 12.2. The molecular formula is C26H29ClN6O2. The number of fused-ring (bicyclic) bond motifs is 1. The van der Waals surface area contributed by atoms with Gasteiger partial charge in [-0.1, -0.05) is 35.9 Å². The number of hydrogen-bond acceptors (Lipinski definition) is 6. The molecule has 2 aromatic heterocycles. The van der Waals surface area contributed by atoms with Gasteiger partial charge in [-0.3, -0.25) is 9.69 Å². The Morgan fingerprint density at radius 3 is 2.63 bits per heavy atom. The lowest BCUT2D eigenvalue weighted by Crippen LogP contribution is -2.47. The largest absolute Gasteiger partial charge is 0.495 e. The van der Waals surface area contributed by atoms with Gasteiger partial charge in [-0.25, -0.2) is 0 Å². The Hall–Kier alpha value is -3.36. The average Bonchev–Trinajstić information content (AvgIpc) is 3.30. The van der Waals surface area contributed by atoms with Crippen molar-refractivity contribution in [3.63, 3.8) is 0 Å². The van der Waals surface area contributed by atoms with Crippen LogP contribution in [-0.4, -0.2) is 57.8 Å². The van der Waals surface area contributed by atoms with E-state index in [0.29, 0.717) is 28.6 Å². The maximum Gasteiger partial charge on any atom is 0.279 e. The number of para-hydroxylation sites is 2. The Labute approximate surface area is 209 Å². The number of methoxy groups -OCH3 is 1. The van der Waals surface area contributed by atoms with Gasteiger partial charge in [0.25, 0.3) is 5.56 Å². The lowest BCUT2D eigenvalue weighted by Gasteiger charge is -2.38. The molecule has 0 saturated carbocycles. The van der Waals surface area contributed by atoms with Crippen LogP contribution in [0.15, 0.2) is 53.3 Å². The summed E-state index contributed by atoms with van der Waals surface area (Å²) < 4.78 is 6.92. The third kappa shape index (κ3) is 4.63. The zero-order chi connectivity index (χ0) is 24.5. The van der Waals surface area contributed by atoms with Crippen LogP contribution < -0.4 is 15.2 Å². The number of ether oxygens (including phenoxy) is 1. The number of rotatable bonds is 6. The van der Waals surface area contributed by atoms with Gasteiger partial charge < -0.3 is 14.6 Å². The Morgan fingerprint density at radius 2 is 1.89 bits per heavy atom. The first-order chi connectivity index (χ1) is 16.9. The topological polar surface area (TPSA) is 78.8 Å². The van der Waals surface area contributed by atoms with Crippen LogP contribution in [0.3, 0.4) is 0 Å². The van der Waals surface area contributed by atoms with Crippen LogP contribution >= 0.6 is 11.6 Å². The minimum atomic E-state index is -0.150. The summed E-state index contributed by atoms with van der Waals surface area (Å²) in [6.07, 6.45) is 0.479. The number of halogens is 1. The number of H-pyrrole nitrogens is 1. The molecule has 1 atom stereocenters. The lowest BCUT2D eigenvalue weighted by atomic mass is 10.1. The van der Waals surface area contributed by atoms with Crippen molar-refractivity contribution in [1.82, 2.24) is 24.5 Å². The monoisotopic (exact) mass is 492 g/mol. The van der Waals surface area contributed by atoms with Crippen LogP contribution in [-0.2, 0) is 6.42 Å². The molecule has 35 heavy (non-hydrogen) atoms. The molecule has 182 valence electrons. The molecule has 0 bridgehead atoms. The van der Waals surface area contributed by atoms with Crippen molar-refractivity contribution in [2.45, 2.75) is 26.3 Å². The standard InChI is InChI=1S/C26H29ClN6O2/c1-17-21(16-19-7-6-8-20(27)15-19)25(34)33-26(28-17)29-24(30-33)18(2)31-11-13-32(14-12-31)22-9-4-5-10-23(22)35-3/h4-10,15,18H,11-14,16H2,1-3H3,(H,28,29,30). The molecule has 1 aliphatic rings. The number of piperazine rings is 1. The number of benzene rings is 2. The Kier molecular flexibility index (Phi) is 6.49. The van der Waals surface area contributed by atoms with E-state index in [-0.39, 0.29) is 11.6 Å². The van der Waals surface area contributed by atoms with Crippen molar-refractivity contribution < 1.29 is 4.74 Å². The van der Waals surface area contributed by atoms with E-state index < -0.39 is 0 Å². The minimum Gasteiger partial charge on any atom is -0.495 e. The predicted molar refractivity (Wildman–Crippen MR) is 138 cm³/mol. The van der Waals surface area contributed by atoms with Gasteiger partial charge in [0.15, 0.2) is 5.82 Å². The summed E-state index contributed by atoms with van der Waals surface area (Å²) in [5.74, 6) is 2.00. The van der Waals surface area contributed by atoms with E-state index in [9.17, 15) is 4.79 Å². The summed E-state index contributed by atoms with van der Waals surface area (Å²) in [5.41, 5.74) is 3.39. The van der Waals surface area contributed by atoms with Gasteiger partial charge in [-0.2, -0.15) is 9.50 Å². The van der Waals surface area contributed by atoms with Crippen LogP contribution in [0.2, 0.25) is 5.02 Å². The van der Waals surface area contributed by atoms with Crippen molar-refractivity contribution in [2.75, 3.05) is 38.2 Å². The van der Waals surface area contributed by atoms with E-state index in [0.717, 1.165) is 48.9 Å². The predicted octanol–water partition coefficient (Wildman–Crippen LogP) is 3.86. The molecular weight excluding hydrogens is 464 g/mol. The number of aromatic amines is 1. The third-order valence-corrected chi connectivity index (χ3v) is 6.99. The molecule has 1 unspecified atom stereocenters. The fourth-order valence-electron chi connectivity index (χ4n) is 4.72.